The van der Waals surface area contributed by atoms with Crippen molar-refractivity contribution >= 4 is 22.9 Å². The highest BCUT2D eigenvalue weighted by Gasteiger charge is 2.05. The minimum absolute atomic E-state index is 0.918. The van der Waals surface area contributed by atoms with E-state index in [1.165, 1.54) is 45.1 Å². The third-order valence-corrected chi connectivity index (χ3v) is 2.74. The molecule has 0 aliphatic heterocycles. The average Bonchev–Trinajstić information content (AvgIpc) is 2.10. The van der Waals surface area contributed by atoms with E-state index in [-0.39, 0.29) is 0 Å². The second kappa shape index (κ2) is 9.78. The molecule has 0 spiro atoms. The fourth-order valence-electron chi connectivity index (χ4n) is 1.44. The largest absolute Gasteiger partial charge is 0.261 e. The number of hydrogen-bond donors (Lipinski definition) is 1. The van der Waals surface area contributed by atoms with Gasteiger partial charge in [0.05, 0.1) is 0 Å². The van der Waals surface area contributed by atoms with Gasteiger partial charge in [0.1, 0.15) is 0 Å². The Labute approximate surface area is 91.2 Å². The molecule has 0 radical (unpaired) electrons. The first-order valence-corrected chi connectivity index (χ1v) is 6.26. The molecule has 0 heterocycles. The maximum Gasteiger partial charge on any atom is 0.0169 e. The van der Waals surface area contributed by atoms with E-state index >= 15 is 0 Å². The van der Waals surface area contributed by atoms with Gasteiger partial charge in [0, 0.05) is 29.4 Å². The normalized spacial score (nSPS) is 11.0. The molecule has 0 aromatic rings. The van der Waals surface area contributed by atoms with Gasteiger partial charge in [-0.15, -0.1) is 0 Å². The fourth-order valence-corrected chi connectivity index (χ4v) is 2.07. The van der Waals surface area contributed by atoms with E-state index in [4.69, 9.17) is 0 Å². The summed E-state index contributed by atoms with van der Waals surface area (Å²) in [5, 5.41) is 0. The van der Waals surface area contributed by atoms with E-state index in [9.17, 15) is 0 Å². The van der Waals surface area contributed by atoms with Crippen LogP contribution in [0.15, 0.2) is 0 Å². The predicted molar refractivity (Wildman–Crippen MR) is 64.6 cm³/mol. The topological polar surface area (TPSA) is 12.0 Å². The Kier molecular flexibility index (Phi) is 10.3. The third-order valence-electron chi connectivity index (χ3n) is 2.30. The van der Waals surface area contributed by atoms with Crippen LogP contribution in [0.5, 0.6) is 0 Å². The van der Waals surface area contributed by atoms with E-state index in [2.05, 4.69) is 40.2 Å². The highest BCUT2D eigenvalue weighted by Crippen LogP contribution is 2.15. The number of rotatable bonds is 8. The molecule has 0 atom stereocenters. The lowest BCUT2D eigenvalue weighted by molar-refractivity contribution is 0.423. The van der Waals surface area contributed by atoms with Crippen LogP contribution in [0.2, 0.25) is 0 Å². The fraction of sp³-hybridized carbons (Fsp3) is 1.00. The van der Waals surface area contributed by atoms with Gasteiger partial charge in [-0.25, -0.2) is 0 Å². The van der Waals surface area contributed by atoms with Gasteiger partial charge in [0.15, 0.2) is 0 Å². The lowest BCUT2D eigenvalue weighted by Crippen LogP contribution is -2.14. The van der Waals surface area contributed by atoms with Crippen LogP contribution in [0.4, 0.5) is 0 Å². The smallest absolute Gasteiger partial charge is 0.0169 e. The van der Waals surface area contributed by atoms with Gasteiger partial charge in [-0.1, -0.05) is 39.5 Å². The molecule has 0 aromatic carbocycles. The quantitative estimate of drug-likeness (QED) is 0.526. The standard InChI is InChI=1S/C10H22IN/c1-3-5-7-10(9-12-11)8-6-4-2/h10,12H,3-9H2,1-2H3. The summed E-state index contributed by atoms with van der Waals surface area (Å²) in [7, 11) is 0. The molecule has 1 N–H and O–H groups in total. The van der Waals surface area contributed by atoms with Gasteiger partial charge in [-0.3, -0.25) is 3.53 Å². The molecule has 0 aliphatic rings. The van der Waals surface area contributed by atoms with Crippen molar-refractivity contribution in [2.45, 2.75) is 52.4 Å². The van der Waals surface area contributed by atoms with Crippen LogP contribution in [-0.2, 0) is 0 Å². The average molecular weight is 283 g/mol. The highest BCUT2D eigenvalue weighted by atomic mass is 127. The van der Waals surface area contributed by atoms with Crippen LogP contribution >= 0.6 is 22.9 Å². The predicted octanol–water partition coefficient (Wildman–Crippen LogP) is 3.92. The Hall–Kier alpha value is 0.690. The van der Waals surface area contributed by atoms with Gasteiger partial charge in [-0.2, -0.15) is 0 Å². The summed E-state index contributed by atoms with van der Waals surface area (Å²) in [5.41, 5.74) is 0. The van der Waals surface area contributed by atoms with Crippen molar-refractivity contribution in [3.05, 3.63) is 0 Å². The number of halogens is 1. The highest BCUT2D eigenvalue weighted by molar-refractivity contribution is 14.1. The van der Waals surface area contributed by atoms with Crippen LogP contribution in [-0.4, -0.2) is 6.54 Å². The Balaban J connectivity index is 3.40. The molecule has 0 rings (SSSR count). The zero-order valence-electron chi connectivity index (χ0n) is 8.41. The Morgan fingerprint density at radius 3 is 1.92 bits per heavy atom. The number of hydrogen-bond acceptors (Lipinski definition) is 1. The van der Waals surface area contributed by atoms with Gasteiger partial charge in [0.25, 0.3) is 0 Å². The number of unbranched alkanes of at least 4 members (excludes halogenated alkanes) is 2. The summed E-state index contributed by atoms with van der Waals surface area (Å²) in [5.74, 6) is 0.918. The zero-order chi connectivity index (χ0) is 9.23. The van der Waals surface area contributed by atoms with Crippen LogP contribution < -0.4 is 3.53 Å². The Morgan fingerprint density at radius 2 is 1.58 bits per heavy atom. The molecule has 2 heteroatoms. The second-order valence-electron chi connectivity index (χ2n) is 3.49. The van der Waals surface area contributed by atoms with Gasteiger partial charge in [0.2, 0.25) is 0 Å². The van der Waals surface area contributed by atoms with Gasteiger partial charge < -0.3 is 0 Å². The molecule has 0 amide bonds. The molecular weight excluding hydrogens is 261 g/mol. The zero-order valence-corrected chi connectivity index (χ0v) is 10.6. The van der Waals surface area contributed by atoms with Crippen molar-refractivity contribution in [1.82, 2.24) is 3.53 Å². The lowest BCUT2D eigenvalue weighted by atomic mass is 9.96. The van der Waals surface area contributed by atoms with Crippen molar-refractivity contribution in [2.24, 2.45) is 5.92 Å². The Bertz CT molecular complexity index is 77.9. The molecule has 0 aliphatic carbocycles. The summed E-state index contributed by atoms with van der Waals surface area (Å²) in [6, 6.07) is 0. The van der Waals surface area contributed by atoms with E-state index in [0.29, 0.717) is 0 Å². The second-order valence-corrected chi connectivity index (χ2v) is 4.25. The Morgan fingerprint density at radius 1 is 1.08 bits per heavy atom. The van der Waals surface area contributed by atoms with E-state index in [1.807, 2.05) is 0 Å². The third kappa shape index (κ3) is 7.35. The van der Waals surface area contributed by atoms with Gasteiger partial charge in [-0.05, 0) is 18.8 Å². The summed E-state index contributed by atoms with van der Waals surface area (Å²) in [4.78, 5) is 0. The van der Waals surface area contributed by atoms with Crippen LogP contribution in [0.3, 0.4) is 0 Å². The lowest BCUT2D eigenvalue weighted by Gasteiger charge is -2.14. The first-order chi connectivity index (χ1) is 5.85. The van der Waals surface area contributed by atoms with Crippen molar-refractivity contribution in [2.75, 3.05) is 6.54 Å². The molecule has 0 fully saturated rings. The molecule has 12 heavy (non-hydrogen) atoms. The molecule has 0 bridgehead atoms. The monoisotopic (exact) mass is 283 g/mol. The summed E-state index contributed by atoms with van der Waals surface area (Å²) >= 11 is 2.26. The minimum atomic E-state index is 0.918. The van der Waals surface area contributed by atoms with Crippen molar-refractivity contribution in [1.29, 1.82) is 0 Å². The first-order valence-electron chi connectivity index (χ1n) is 5.18. The van der Waals surface area contributed by atoms with E-state index in [0.717, 1.165) is 5.92 Å². The molecule has 0 aromatic heterocycles. The number of nitrogens with one attached hydrogen (secondary N) is 1. The van der Waals surface area contributed by atoms with Gasteiger partial charge >= 0.3 is 0 Å². The molecule has 0 unspecified atom stereocenters. The summed E-state index contributed by atoms with van der Waals surface area (Å²) < 4.78 is 3.26. The summed E-state index contributed by atoms with van der Waals surface area (Å²) in [6.45, 7) is 5.74. The maximum absolute atomic E-state index is 3.26. The summed E-state index contributed by atoms with van der Waals surface area (Å²) in [6.07, 6.45) is 8.28. The van der Waals surface area contributed by atoms with E-state index in [1.54, 1.807) is 0 Å². The molecular formula is C10H22IN. The SMILES string of the molecule is CCCCC(CCCC)CNI. The van der Waals surface area contributed by atoms with Crippen LogP contribution in [0.1, 0.15) is 52.4 Å². The molecule has 0 saturated carbocycles. The van der Waals surface area contributed by atoms with Crippen molar-refractivity contribution in [3.8, 4) is 0 Å². The van der Waals surface area contributed by atoms with E-state index < -0.39 is 0 Å². The van der Waals surface area contributed by atoms with Crippen LogP contribution in [0, 0.1) is 5.92 Å². The molecule has 74 valence electrons. The molecule has 0 saturated heterocycles. The first kappa shape index (κ1) is 12.7. The maximum atomic E-state index is 3.26. The van der Waals surface area contributed by atoms with Crippen molar-refractivity contribution < 1.29 is 0 Å². The minimum Gasteiger partial charge on any atom is -0.261 e. The molecule has 1 nitrogen and oxygen atoms in total. The van der Waals surface area contributed by atoms with Crippen LogP contribution in [0.25, 0.3) is 0 Å². The van der Waals surface area contributed by atoms with Crippen molar-refractivity contribution in [3.63, 3.8) is 0 Å².